The van der Waals surface area contributed by atoms with Crippen LogP contribution < -0.4 is 15.4 Å². The Kier molecular flexibility index (Phi) is 6.25. The molecule has 32 heavy (non-hydrogen) atoms. The van der Waals surface area contributed by atoms with Gasteiger partial charge in [-0.15, -0.1) is 0 Å². The first-order valence-electron chi connectivity index (χ1n) is 9.48. The number of rotatable bonds is 4. The van der Waals surface area contributed by atoms with Gasteiger partial charge >= 0.3 is 6.18 Å². The van der Waals surface area contributed by atoms with E-state index in [-0.39, 0.29) is 16.7 Å². The van der Waals surface area contributed by atoms with Gasteiger partial charge in [0, 0.05) is 17.0 Å². The summed E-state index contributed by atoms with van der Waals surface area (Å²) in [5, 5.41) is 15.3. The molecule has 1 atom stereocenters. The molecule has 0 aromatic heterocycles. The highest BCUT2D eigenvalue weighted by Gasteiger charge is 2.38. The molecule has 2 N–H and O–H groups in total. The minimum atomic E-state index is -4.93. The van der Waals surface area contributed by atoms with Crippen LogP contribution in [0.25, 0.3) is 0 Å². The summed E-state index contributed by atoms with van der Waals surface area (Å²) in [5.41, 5.74) is -0.304. The van der Waals surface area contributed by atoms with Crippen LogP contribution in [-0.4, -0.2) is 13.0 Å². The summed E-state index contributed by atoms with van der Waals surface area (Å²) in [6, 6.07) is 11.1. The summed E-state index contributed by atoms with van der Waals surface area (Å²) in [4.78, 5) is 13.3. The van der Waals surface area contributed by atoms with Crippen LogP contribution in [-0.2, 0) is 11.0 Å². The van der Waals surface area contributed by atoms with Gasteiger partial charge < -0.3 is 15.4 Å². The van der Waals surface area contributed by atoms with Crippen molar-refractivity contribution in [1.29, 1.82) is 5.26 Å². The van der Waals surface area contributed by atoms with Gasteiger partial charge in [0.25, 0.3) is 5.91 Å². The molecule has 0 fully saturated rings. The molecule has 1 aliphatic rings. The van der Waals surface area contributed by atoms with Crippen molar-refractivity contribution in [2.45, 2.75) is 25.9 Å². The van der Waals surface area contributed by atoms with Crippen molar-refractivity contribution >= 4 is 11.6 Å². The lowest BCUT2D eigenvalue weighted by atomic mass is 9.80. The number of benzene rings is 2. The van der Waals surface area contributed by atoms with Crippen LogP contribution in [0.1, 0.15) is 30.9 Å². The molecule has 3 rings (SSSR count). The summed E-state index contributed by atoms with van der Waals surface area (Å²) in [6.07, 6.45) is -4.93. The molecule has 9 heteroatoms. The van der Waals surface area contributed by atoms with E-state index in [1.54, 1.807) is 38.1 Å². The maximum atomic E-state index is 13.9. The fourth-order valence-electron chi connectivity index (χ4n) is 3.65. The Bertz CT molecular complexity index is 1180. The zero-order valence-electron chi connectivity index (χ0n) is 17.4. The smallest absolute Gasteiger partial charge is 0.419 e. The van der Waals surface area contributed by atoms with Crippen LogP contribution >= 0.6 is 0 Å². The number of carbonyl (C=O) groups is 1. The van der Waals surface area contributed by atoms with Crippen molar-refractivity contribution in [2.24, 2.45) is 0 Å². The number of hydrogen-bond donors (Lipinski definition) is 2. The summed E-state index contributed by atoms with van der Waals surface area (Å²) in [6.45, 7) is 3.16. The van der Waals surface area contributed by atoms with E-state index in [0.717, 1.165) is 6.07 Å². The number of hydrogen-bond acceptors (Lipinski definition) is 4. The average molecular weight is 445 g/mol. The summed E-state index contributed by atoms with van der Waals surface area (Å²) < 4.78 is 59.1. The van der Waals surface area contributed by atoms with Crippen molar-refractivity contribution in [3.05, 3.63) is 81.9 Å². The van der Waals surface area contributed by atoms with E-state index in [4.69, 9.17) is 4.74 Å². The number of allylic oxidation sites excluding steroid dienone is 3. The second kappa shape index (κ2) is 8.75. The van der Waals surface area contributed by atoms with Gasteiger partial charge in [0.1, 0.15) is 11.6 Å². The average Bonchev–Trinajstić information content (AvgIpc) is 2.73. The maximum Gasteiger partial charge on any atom is 0.419 e. The van der Waals surface area contributed by atoms with Gasteiger partial charge in [-0.05, 0) is 43.7 Å². The highest BCUT2D eigenvalue weighted by molar-refractivity contribution is 6.07. The summed E-state index contributed by atoms with van der Waals surface area (Å²) >= 11 is 0. The Morgan fingerprint density at radius 2 is 1.84 bits per heavy atom. The van der Waals surface area contributed by atoms with E-state index in [2.05, 4.69) is 10.6 Å². The van der Waals surface area contributed by atoms with E-state index in [1.165, 1.54) is 7.11 Å². The lowest BCUT2D eigenvalue weighted by molar-refractivity contribution is -0.140. The predicted molar refractivity (Wildman–Crippen MR) is 110 cm³/mol. The Morgan fingerprint density at radius 3 is 2.47 bits per heavy atom. The van der Waals surface area contributed by atoms with Crippen LogP contribution in [0.15, 0.2) is 65.0 Å². The zero-order chi connectivity index (χ0) is 23.6. The van der Waals surface area contributed by atoms with Gasteiger partial charge in [0.15, 0.2) is 0 Å². The number of anilines is 1. The lowest BCUT2D eigenvalue weighted by Gasteiger charge is -2.29. The lowest BCUT2D eigenvalue weighted by Crippen LogP contribution is -2.31. The maximum absolute atomic E-state index is 13.9. The topological polar surface area (TPSA) is 74.2 Å². The van der Waals surface area contributed by atoms with Crippen LogP contribution in [0.5, 0.6) is 5.75 Å². The van der Waals surface area contributed by atoms with E-state index in [0.29, 0.717) is 35.0 Å². The van der Waals surface area contributed by atoms with Gasteiger partial charge in [-0.3, -0.25) is 4.79 Å². The quantitative estimate of drug-likeness (QED) is 0.631. The zero-order valence-corrected chi connectivity index (χ0v) is 17.4. The fraction of sp³-hybridized carbons (Fsp3) is 0.217. The van der Waals surface area contributed by atoms with Crippen molar-refractivity contribution in [2.75, 3.05) is 12.4 Å². The Hall–Kier alpha value is -3.80. The number of halogens is 4. The first-order valence-corrected chi connectivity index (χ1v) is 9.48. The number of amides is 1. The SMILES string of the molecule is COc1ccccc1NC(=O)C1=C(C)NC(C)=C(C#N)C1c1ccc(F)c(C(F)(F)F)c1. The molecule has 1 aliphatic heterocycles. The number of carbonyl (C=O) groups excluding carboxylic acids is 1. The van der Waals surface area contributed by atoms with Crippen molar-refractivity contribution in [3.63, 3.8) is 0 Å². The molecular formula is C23H19F4N3O2. The predicted octanol–water partition coefficient (Wildman–Crippen LogP) is 5.25. The number of ether oxygens (including phenoxy) is 1. The molecule has 1 amide bonds. The third-order valence-electron chi connectivity index (χ3n) is 5.11. The molecule has 0 bridgehead atoms. The fourth-order valence-corrected chi connectivity index (χ4v) is 3.65. The Labute approximate surface area is 182 Å². The van der Waals surface area contributed by atoms with E-state index >= 15 is 0 Å². The number of nitriles is 1. The highest BCUT2D eigenvalue weighted by atomic mass is 19.4. The third kappa shape index (κ3) is 4.30. The summed E-state index contributed by atoms with van der Waals surface area (Å²) in [5.74, 6) is -2.82. The molecule has 5 nitrogen and oxygen atoms in total. The third-order valence-corrected chi connectivity index (χ3v) is 5.11. The second-order valence-electron chi connectivity index (χ2n) is 7.14. The number of methoxy groups -OCH3 is 1. The molecule has 2 aromatic carbocycles. The minimum Gasteiger partial charge on any atom is -0.495 e. The largest absolute Gasteiger partial charge is 0.495 e. The molecule has 0 spiro atoms. The van der Waals surface area contributed by atoms with Crippen LogP contribution in [0, 0.1) is 17.1 Å². The molecule has 2 aromatic rings. The second-order valence-corrected chi connectivity index (χ2v) is 7.14. The van der Waals surface area contributed by atoms with Crippen LogP contribution in [0.4, 0.5) is 23.2 Å². The number of para-hydroxylation sites is 2. The van der Waals surface area contributed by atoms with Crippen molar-refractivity contribution in [1.82, 2.24) is 5.32 Å². The Balaban J connectivity index is 2.13. The highest BCUT2D eigenvalue weighted by Crippen LogP contribution is 2.41. The molecule has 0 radical (unpaired) electrons. The van der Waals surface area contributed by atoms with Gasteiger partial charge in [0.05, 0.1) is 35.9 Å². The van der Waals surface area contributed by atoms with E-state index in [9.17, 15) is 27.6 Å². The number of alkyl halides is 3. The first-order chi connectivity index (χ1) is 15.1. The van der Waals surface area contributed by atoms with Gasteiger partial charge in [-0.2, -0.15) is 18.4 Å². The monoisotopic (exact) mass is 445 g/mol. The van der Waals surface area contributed by atoms with Crippen molar-refractivity contribution < 1.29 is 27.1 Å². The van der Waals surface area contributed by atoms with Gasteiger partial charge in [0.2, 0.25) is 0 Å². The van der Waals surface area contributed by atoms with Crippen LogP contribution in [0.2, 0.25) is 0 Å². The van der Waals surface area contributed by atoms with Gasteiger partial charge in [-0.1, -0.05) is 18.2 Å². The number of dihydropyridines is 1. The molecule has 0 aliphatic carbocycles. The van der Waals surface area contributed by atoms with Crippen LogP contribution in [0.3, 0.4) is 0 Å². The molecule has 0 saturated heterocycles. The molecular weight excluding hydrogens is 426 g/mol. The molecule has 1 heterocycles. The number of nitrogens with one attached hydrogen (secondary N) is 2. The number of nitrogens with zero attached hydrogens (tertiary/aromatic N) is 1. The molecule has 0 saturated carbocycles. The molecule has 1 unspecified atom stereocenters. The van der Waals surface area contributed by atoms with Crippen molar-refractivity contribution in [3.8, 4) is 11.8 Å². The van der Waals surface area contributed by atoms with E-state index < -0.39 is 29.4 Å². The molecule has 166 valence electrons. The summed E-state index contributed by atoms with van der Waals surface area (Å²) in [7, 11) is 1.43. The Morgan fingerprint density at radius 1 is 1.16 bits per heavy atom. The van der Waals surface area contributed by atoms with Gasteiger partial charge in [-0.25, -0.2) is 4.39 Å². The van der Waals surface area contributed by atoms with E-state index in [1.807, 2.05) is 6.07 Å². The standard InChI is InChI=1S/C23H19F4N3O2/c1-12-15(11-28)21(14-8-9-17(24)16(10-14)23(25,26)27)20(13(2)29-12)22(31)30-18-6-4-5-7-19(18)32-3/h4-10,21,29H,1-3H3,(H,30,31). The normalized spacial score (nSPS) is 16.4. The minimum absolute atomic E-state index is 0.0272. The first kappa shape index (κ1) is 22.9.